The van der Waals surface area contributed by atoms with Crippen LogP contribution in [-0.4, -0.2) is 23.0 Å². The number of nitrogens with two attached hydrogens (primary N) is 1. The number of nitrogens with zero attached hydrogens (tertiary/aromatic N) is 2. The number of hydrogen-bond donors (Lipinski definition) is 1. The van der Waals surface area contributed by atoms with Crippen molar-refractivity contribution < 1.29 is 4.42 Å². The van der Waals surface area contributed by atoms with E-state index in [1.54, 1.807) is 0 Å². The van der Waals surface area contributed by atoms with Crippen molar-refractivity contribution in [3.05, 3.63) is 24.1 Å². The van der Waals surface area contributed by atoms with Crippen LogP contribution < -0.4 is 5.73 Å². The number of benzene rings is 1. The van der Waals surface area contributed by atoms with Crippen molar-refractivity contribution in [2.75, 3.05) is 18.8 Å². The van der Waals surface area contributed by atoms with E-state index < -0.39 is 0 Å². The Morgan fingerprint density at radius 2 is 2.17 bits per heavy atom. The van der Waals surface area contributed by atoms with Gasteiger partial charge in [0.15, 0.2) is 5.58 Å². The van der Waals surface area contributed by atoms with Crippen molar-refractivity contribution in [1.82, 2.24) is 9.88 Å². The molecule has 0 radical (unpaired) electrons. The van der Waals surface area contributed by atoms with Crippen molar-refractivity contribution in [2.45, 2.75) is 33.2 Å². The summed E-state index contributed by atoms with van der Waals surface area (Å²) >= 11 is 0. The number of hydrogen-bond acceptors (Lipinski definition) is 4. The van der Waals surface area contributed by atoms with Crippen LogP contribution in [0.3, 0.4) is 0 Å². The second-order valence-corrected chi connectivity index (χ2v) is 4.56. The average Bonchev–Trinajstić information content (AvgIpc) is 2.75. The van der Waals surface area contributed by atoms with Gasteiger partial charge >= 0.3 is 0 Å². The summed E-state index contributed by atoms with van der Waals surface area (Å²) in [4.78, 5) is 6.83. The van der Waals surface area contributed by atoms with Gasteiger partial charge in [-0.15, -0.1) is 0 Å². The molecule has 0 atom stereocenters. The minimum Gasteiger partial charge on any atom is -0.439 e. The SMILES string of the molecule is CCCCN(CC)Cc1nc2ccc(N)cc2o1. The summed E-state index contributed by atoms with van der Waals surface area (Å²) in [5.41, 5.74) is 8.09. The molecular formula is C14H21N3O. The summed E-state index contributed by atoms with van der Waals surface area (Å²) in [6, 6.07) is 5.58. The van der Waals surface area contributed by atoms with E-state index in [4.69, 9.17) is 10.2 Å². The molecule has 0 bridgehead atoms. The van der Waals surface area contributed by atoms with Gasteiger partial charge in [0, 0.05) is 11.8 Å². The van der Waals surface area contributed by atoms with Gasteiger partial charge in [-0.2, -0.15) is 0 Å². The molecule has 1 aromatic carbocycles. The summed E-state index contributed by atoms with van der Waals surface area (Å²) < 4.78 is 5.73. The minimum atomic E-state index is 0.712. The van der Waals surface area contributed by atoms with E-state index in [0.717, 1.165) is 36.6 Å². The molecule has 0 saturated carbocycles. The van der Waals surface area contributed by atoms with Gasteiger partial charge in [0.2, 0.25) is 5.89 Å². The molecule has 1 heterocycles. The minimum absolute atomic E-state index is 0.712. The Labute approximate surface area is 108 Å². The highest BCUT2D eigenvalue weighted by Crippen LogP contribution is 2.19. The summed E-state index contributed by atoms with van der Waals surface area (Å²) in [6.45, 7) is 7.24. The molecule has 0 saturated heterocycles. The fraction of sp³-hybridized carbons (Fsp3) is 0.500. The van der Waals surface area contributed by atoms with E-state index in [2.05, 4.69) is 23.7 Å². The van der Waals surface area contributed by atoms with Gasteiger partial charge in [-0.25, -0.2) is 4.98 Å². The van der Waals surface area contributed by atoms with Gasteiger partial charge < -0.3 is 10.2 Å². The lowest BCUT2D eigenvalue weighted by atomic mass is 10.3. The van der Waals surface area contributed by atoms with Crippen molar-refractivity contribution in [2.24, 2.45) is 0 Å². The van der Waals surface area contributed by atoms with E-state index in [1.807, 2.05) is 18.2 Å². The summed E-state index contributed by atoms with van der Waals surface area (Å²) in [5, 5.41) is 0. The van der Waals surface area contributed by atoms with Crippen LogP contribution >= 0.6 is 0 Å². The first-order chi connectivity index (χ1) is 8.72. The Balaban J connectivity index is 2.10. The standard InChI is InChI=1S/C14H21N3O/c1-3-5-8-17(4-2)10-14-16-12-7-6-11(15)9-13(12)18-14/h6-7,9H,3-5,8,10,15H2,1-2H3. The van der Waals surface area contributed by atoms with Gasteiger partial charge in [-0.1, -0.05) is 20.3 Å². The Kier molecular flexibility index (Phi) is 4.20. The van der Waals surface area contributed by atoms with Crippen molar-refractivity contribution in [1.29, 1.82) is 0 Å². The molecule has 0 aliphatic heterocycles. The Hall–Kier alpha value is -1.55. The van der Waals surface area contributed by atoms with Gasteiger partial charge in [-0.3, -0.25) is 4.90 Å². The fourth-order valence-electron chi connectivity index (χ4n) is 1.98. The molecule has 0 unspecified atom stereocenters. The zero-order valence-electron chi connectivity index (χ0n) is 11.1. The topological polar surface area (TPSA) is 55.3 Å². The first kappa shape index (κ1) is 12.9. The second kappa shape index (κ2) is 5.87. The molecule has 1 aromatic heterocycles. The van der Waals surface area contributed by atoms with E-state index >= 15 is 0 Å². The number of rotatable bonds is 6. The number of oxazole rings is 1. The zero-order valence-corrected chi connectivity index (χ0v) is 11.1. The van der Waals surface area contributed by atoms with E-state index in [1.165, 1.54) is 12.8 Å². The van der Waals surface area contributed by atoms with Gasteiger partial charge in [0.1, 0.15) is 5.52 Å². The normalized spacial score (nSPS) is 11.5. The molecule has 18 heavy (non-hydrogen) atoms. The quantitative estimate of drug-likeness (QED) is 0.797. The van der Waals surface area contributed by atoms with Crippen LogP contribution in [-0.2, 0) is 6.54 Å². The highest BCUT2D eigenvalue weighted by atomic mass is 16.3. The van der Waals surface area contributed by atoms with Crippen LogP contribution in [0.15, 0.2) is 22.6 Å². The molecule has 98 valence electrons. The third-order valence-electron chi connectivity index (χ3n) is 3.09. The number of fused-ring (bicyclic) bond motifs is 1. The predicted molar refractivity (Wildman–Crippen MR) is 74.3 cm³/mol. The number of unbranched alkanes of at least 4 members (excludes halogenated alkanes) is 1. The van der Waals surface area contributed by atoms with Crippen LogP contribution in [0.5, 0.6) is 0 Å². The maximum Gasteiger partial charge on any atom is 0.209 e. The Bertz CT molecular complexity index is 507. The lowest BCUT2D eigenvalue weighted by Crippen LogP contribution is -2.24. The summed E-state index contributed by atoms with van der Waals surface area (Å²) in [6.07, 6.45) is 2.42. The second-order valence-electron chi connectivity index (χ2n) is 4.56. The third kappa shape index (κ3) is 3.01. The largest absolute Gasteiger partial charge is 0.439 e. The van der Waals surface area contributed by atoms with Crippen LogP contribution in [0.1, 0.15) is 32.6 Å². The molecule has 4 nitrogen and oxygen atoms in total. The third-order valence-corrected chi connectivity index (χ3v) is 3.09. The van der Waals surface area contributed by atoms with Crippen molar-refractivity contribution in [3.8, 4) is 0 Å². The zero-order chi connectivity index (χ0) is 13.0. The monoisotopic (exact) mass is 247 g/mol. The highest BCUT2D eigenvalue weighted by Gasteiger charge is 2.10. The predicted octanol–water partition coefficient (Wildman–Crippen LogP) is 3.03. The number of aromatic nitrogens is 1. The average molecular weight is 247 g/mol. The molecule has 4 heteroatoms. The first-order valence-electron chi connectivity index (χ1n) is 6.60. The molecule has 0 aliphatic carbocycles. The molecule has 0 fully saturated rings. The molecule has 2 N–H and O–H groups in total. The maximum absolute atomic E-state index is 5.73. The molecule has 0 spiro atoms. The summed E-state index contributed by atoms with van der Waals surface area (Å²) in [5.74, 6) is 0.772. The van der Waals surface area contributed by atoms with Crippen LogP contribution in [0.4, 0.5) is 5.69 Å². The first-order valence-corrected chi connectivity index (χ1v) is 6.60. The van der Waals surface area contributed by atoms with E-state index in [-0.39, 0.29) is 0 Å². The Morgan fingerprint density at radius 1 is 1.33 bits per heavy atom. The van der Waals surface area contributed by atoms with E-state index in [9.17, 15) is 0 Å². The highest BCUT2D eigenvalue weighted by molar-refractivity contribution is 5.76. The summed E-state index contributed by atoms with van der Waals surface area (Å²) in [7, 11) is 0. The van der Waals surface area contributed by atoms with Crippen molar-refractivity contribution in [3.63, 3.8) is 0 Å². The lowest BCUT2D eigenvalue weighted by Gasteiger charge is -2.17. The Morgan fingerprint density at radius 3 is 2.89 bits per heavy atom. The van der Waals surface area contributed by atoms with Crippen molar-refractivity contribution >= 4 is 16.8 Å². The number of nitrogen functional groups attached to an aromatic ring is 1. The van der Waals surface area contributed by atoms with Gasteiger partial charge in [-0.05, 0) is 31.6 Å². The number of anilines is 1. The van der Waals surface area contributed by atoms with Gasteiger partial charge in [0.05, 0.1) is 6.54 Å². The lowest BCUT2D eigenvalue weighted by molar-refractivity contribution is 0.250. The van der Waals surface area contributed by atoms with Gasteiger partial charge in [0.25, 0.3) is 0 Å². The smallest absolute Gasteiger partial charge is 0.209 e. The molecule has 0 aliphatic rings. The molecule has 2 aromatic rings. The molecular weight excluding hydrogens is 226 g/mol. The van der Waals surface area contributed by atoms with Crippen LogP contribution in [0, 0.1) is 0 Å². The molecule has 0 amide bonds. The van der Waals surface area contributed by atoms with E-state index in [0.29, 0.717) is 5.69 Å². The van der Waals surface area contributed by atoms with Crippen LogP contribution in [0.2, 0.25) is 0 Å². The van der Waals surface area contributed by atoms with Crippen LogP contribution in [0.25, 0.3) is 11.1 Å². The fourth-order valence-corrected chi connectivity index (χ4v) is 1.98. The maximum atomic E-state index is 5.73. The molecule has 2 rings (SSSR count).